The maximum absolute atomic E-state index is 12.2. The standard InChI is InChI=1S/C14H8Cl3IN2OS/c15-10-3-1-7(18)5-9(10)13(21)20-14(22)19-8-2-4-11(16)12(17)6-8/h1-6H,(H2,19,20,21,22). The fraction of sp³-hybridized carbons (Fsp3) is 0. The minimum atomic E-state index is -0.388. The van der Waals surface area contributed by atoms with Gasteiger partial charge in [-0.05, 0) is 71.2 Å². The molecule has 8 heteroatoms. The summed E-state index contributed by atoms with van der Waals surface area (Å²) in [5, 5.41) is 6.74. The molecule has 0 aromatic heterocycles. The molecule has 0 bridgehead atoms. The summed E-state index contributed by atoms with van der Waals surface area (Å²) in [6.45, 7) is 0. The first-order valence-corrected chi connectivity index (χ1v) is 8.51. The predicted octanol–water partition coefficient (Wildman–Crippen LogP) is 5.38. The number of hydrogen-bond acceptors (Lipinski definition) is 2. The Bertz CT molecular complexity index is 755. The third-order valence-corrected chi connectivity index (χ3v) is 4.52. The van der Waals surface area contributed by atoms with Crippen LogP contribution in [0.2, 0.25) is 15.1 Å². The van der Waals surface area contributed by atoms with Gasteiger partial charge in [-0.1, -0.05) is 34.8 Å². The number of halogens is 4. The molecule has 0 saturated heterocycles. The smallest absolute Gasteiger partial charge is 0.258 e. The number of rotatable bonds is 2. The van der Waals surface area contributed by atoms with Crippen molar-refractivity contribution in [1.82, 2.24) is 5.32 Å². The second-order valence-electron chi connectivity index (χ2n) is 4.16. The summed E-state index contributed by atoms with van der Waals surface area (Å²) < 4.78 is 0.899. The molecule has 1 amide bonds. The highest BCUT2D eigenvalue weighted by Crippen LogP contribution is 2.25. The van der Waals surface area contributed by atoms with Crippen molar-refractivity contribution >= 4 is 86.3 Å². The molecule has 2 N–H and O–H groups in total. The van der Waals surface area contributed by atoms with Gasteiger partial charge in [-0.2, -0.15) is 0 Å². The summed E-state index contributed by atoms with van der Waals surface area (Å²) in [4.78, 5) is 12.2. The van der Waals surface area contributed by atoms with Crippen molar-refractivity contribution in [3.63, 3.8) is 0 Å². The van der Waals surface area contributed by atoms with E-state index in [2.05, 4.69) is 33.2 Å². The fourth-order valence-electron chi connectivity index (χ4n) is 1.58. The molecule has 2 rings (SSSR count). The van der Waals surface area contributed by atoms with Crippen LogP contribution in [0, 0.1) is 3.57 Å². The van der Waals surface area contributed by atoms with E-state index in [1.807, 2.05) is 6.07 Å². The fourth-order valence-corrected chi connectivity index (χ4v) is 2.78. The van der Waals surface area contributed by atoms with E-state index in [0.29, 0.717) is 26.3 Å². The van der Waals surface area contributed by atoms with Crippen molar-refractivity contribution in [3.8, 4) is 0 Å². The Labute approximate surface area is 161 Å². The Hall–Kier alpha value is -0.600. The second kappa shape index (κ2) is 7.79. The molecule has 3 nitrogen and oxygen atoms in total. The molecule has 0 spiro atoms. The van der Waals surface area contributed by atoms with E-state index in [1.54, 1.807) is 30.3 Å². The van der Waals surface area contributed by atoms with E-state index in [-0.39, 0.29) is 11.0 Å². The normalized spacial score (nSPS) is 10.2. The molecule has 0 aliphatic heterocycles. The zero-order valence-corrected chi connectivity index (χ0v) is 16.0. The first-order valence-electron chi connectivity index (χ1n) is 5.89. The third kappa shape index (κ3) is 4.70. The molecule has 0 aliphatic rings. The van der Waals surface area contributed by atoms with Crippen molar-refractivity contribution in [2.75, 3.05) is 5.32 Å². The maximum Gasteiger partial charge on any atom is 0.258 e. The summed E-state index contributed by atoms with van der Waals surface area (Å²) >= 11 is 25.0. The highest BCUT2D eigenvalue weighted by Gasteiger charge is 2.12. The van der Waals surface area contributed by atoms with Gasteiger partial charge in [0.05, 0.1) is 20.6 Å². The first-order chi connectivity index (χ1) is 10.4. The molecule has 0 fully saturated rings. The van der Waals surface area contributed by atoms with Crippen LogP contribution in [0.4, 0.5) is 5.69 Å². The minimum Gasteiger partial charge on any atom is -0.332 e. The van der Waals surface area contributed by atoms with Gasteiger partial charge in [0.1, 0.15) is 0 Å². The Balaban J connectivity index is 2.06. The highest BCUT2D eigenvalue weighted by molar-refractivity contribution is 14.1. The van der Waals surface area contributed by atoms with Crippen molar-refractivity contribution in [2.24, 2.45) is 0 Å². The average molecular weight is 486 g/mol. The van der Waals surface area contributed by atoms with Gasteiger partial charge >= 0.3 is 0 Å². The van der Waals surface area contributed by atoms with Gasteiger partial charge in [-0.25, -0.2) is 0 Å². The molecule has 114 valence electrons. The van der Waals surface area contributed by atoms with Crippen LogP contribution in [0.5, 0.6) is 0 Å². The number of thiocarbonyl (C=S) groups is 1. The molecule has 0 atom stereocenters. The Kier molecular flexibility index (Phi) is 6.28. The van der Waals surface area contributed by atoms with Gasteiger partial charge in [-0.15, -0.1) is 0 Å². The van der Waals surface area contributed by atoms with Gasteiger partial charge in [0.2, 0.25) is 0 Å². The topological polar surface area (TPSA) is 41.1 Å². The van der Waals surface area contributed by atoms with Crippen LogP contribution in [0.3, 0.4) is 0 Å². The summed E-state index contributed by atoms with van der Waals surface area (Å²) in [5.74, 6) is -0.388. The average Bonchev–Trinajstić information content (AvgIpc) is 2.45. The molecule has 2 aromatic rings. The molecule has 0 saturated carbocycles. The first kappa shape index (κ1) is 17.7. The van der Waals surface area contributed by atoms with Crippen molar-refractivity contribution < 1.29 is 4.79 Å². The van der Waals surface area contributed by atoms with E-state index in [9.17, 15) is 4.79 Å². The van der Waals surface area contributed by atoms with E-state index in [0.717, 1.165) is 3.57 Å². The number of amides is 1. The zero-order valence-electron chi connectivity index (χ0n) is 10.8. The molecule has 0 radical (unpaired) electrons. The van der Waals surface area contributed by atoms with Crippen LogP contribution in [0.15, 0.2) is 36.4 Å². The van der Waals surface area contributed by atoms with Gasteiger partial charge in [-0.3, -0.25) is 10.1 Å². The highest BCUT2D eigenvalue weighted by atomic mass is 127. The van der Waals surface area contributed by atoms with Gasteiger partial charge in [0.25, 0.3) is 5.91 Å². The summed E-state index contributed by atoms with van der Waals surface area (Å²) in [6, 6.07) is 10.1. The predicted molar refractivity (Wildman–Crippen MR) is 104 cm³/mol. The van der Waals surface area contributed by atoms with E-state index >= 15 is 0 Å². The lowest BCUT2D eigenvalue weighted by Gasteiger charge is -2.11. The Morgan fingerprint density at radius 3 is 2.36 bits per heavy atom. The van der Waals surface area contributed by atoms with Crippen LogP contribution in [0.1, 0.15) is 10.4 Å². The molecule has 0 aliphatic carbocycles. The summed E-state index contributed by atoms with van der Waals surface area (Å²) in [5.41, 5.74) is 0.972. The lowest BCUT2D eigenvalue weighted by molar-refractivity contribution is 0.0978. The molecule has 0 heterocycles. The van der Waals surface area contributed by atoms with Crippen molar-refractivity contribution in [2.45, 2.75) is 0 Å². The minimum absolute atomic E-state index is 0.137. The number of benzene rings is 2. The number of hydrogen-bond donors (Lipinski definition) is 2. The third-order valence-electron chi connectivity index (χ3n) is 2.58. The SMILES string of the molecule is O=C(NC(=S)Nc1ccc(Cl)c(Cl)c1)c1cc(I)ccc1Cl. The molecular weight excluding hydrogens is 477 g/mol. The molecule has 0 unspecified atom stereocenters. The zero-order chi connectivity index (χ0) is 16.3. The van der Waals surface area contributed by atoms with Crippen LogP contribution < -0.4 is 10.6 Å². The van der Waals surface area contributed by atoms with Crippen LogP contribution in [-0.2, 0) is 0 Å². The molecule has 22 heavy (non-hydrogen) atoms. The number of anilines is 1. The number of carbonyl (C=O) groups excluding carboxylic acids is 1. The van der Waals surface area contributed by atoms with E-state index in [4.69, 9.17) is 47.0 Å². The van der Waals surface area contributed by atoms with Gasteiger partial charge in [0, 0.05) is 9.26 Å². The number of nitrogens with one attached hydrogen (secondary N) is 2. The Morgan fingerprint density at radius 1 is 1.00 bits per heavy atom. The Morgan fingerprint density at radius 2 is 1.68 bits per heavy atom. The number of carbonyl (C=O) groups is 1. The van der Waals surface area contributed by atoms with Crippen LogP contribution in [-0.4, -0.2) is 11.0 Å². The lowest BCUT2D eigenvalue weighted by Crippen LogP contribution is -2.34. The van der Waals surface area contributed by atoms with Crippen molar-refractivity contribution in [1.29, 1.82) is 0 Å². The second-order valence-corrected chi connectivity index (χ2v) is 7.04. The van der Waals surface area contributed by atoms with Crippen LogP contribution in [0.25, 0.3) is 0 Å². The largest absolute Gasteiger partial charge is 0.332 e. The van der Waals surface area contributed by atoms with Crippen molar-refractivity contribution in [3.05, 3.63) is 60.6 Å². The van der Waals surface area contributed by atoms with Crippen LogP contribution >= 0.6 is 69.6 Å². The van der Waals surface area contributed by atoms with E-state index in [1.165, 1.54) is 0 Å². The summed E-state index contributed by atoms with van der Waals surface area (Å²) in [7, 11) is 0. The summed E-state index contributed by atoms with van der Waals surface area (Å²) in [6.07, 6.45) is 0. The lowest BCUT2D eigenvalue weighted by atomic mass is 10.2. The molecule has 2 aromatic carbocycles. The van der Waals surface area contributed by atoms with Gasteiger partial charge in [0.15, 0.2) is 5.11 Å². The van der Waals surface area contributed by atoms with Gasteiger partial charge < -0.3 is 5.32 Å². The van der Waals surface area contributed by atoms with E-state index < -0.39 is 0 Å². The quantitative estimate of drug-likeness (QED) is 0.444. The monoisotopic (exact) mass is 484 g/mol. The maximum atomic E-state index is 12.2. The molecular formula is C14H8Cl3IN2OS.